The van der Waals surface area contributed by atoms with Gasteiger partial charge in [-0.1, -0.05) is 72.8 Å². The van der Waals surface area contributed by atoms with Crippen LogP contribution >= 0.6 is 12.4 Å². The second-order valence-corrected chi connectivity index (χ2v) is 10.5. The van der Waals surface area contributed by atoms with Gasteiger partial charge in [0.15, 0.2) is 0 Å². The summed E-state index contributed by atoms with van der Waals surface area (Å²) in [7, 11) is 5.11. The minimum absolute atomic E-state index is 0. The number of benzene rings is 4. The molecule has 45 heavy (non-hydrogen) atoms. The first kappa shape index (κ1) is 35.2. The van der Waals surface area contributed by atoms with Gasteiger partial charge in [0, 0.05) is 56.5 Å². The van der Waals surface area contributed by atoms with Crippen LogP contribution in [-0.2, 0) is 13.1 Å². The molecule has 0 unspecified atom stereocenters. The van der Waals surface area contributed by atoms with E-state index in [-0.39, 0.29) is 12.4 Å². The van der Waals surface area contributed by atoms with E-state index in [0.717, 1.165) is 43.6 Å². The third kappa shape index (κ3) is 9.86. The molecule has 6 rings (SSSR count). The number of aliphatic hydroxyl groups excluding tert-OH is 1. The molecule has 6 aromatic rings. The number of nitrogens with two attached hydrogens (primary N) is 1. The monoisotopic (exact) mass is 628 g/mol. The van der Waals surface area contributed by atoms with Crippen LogP contribution < -0.4 is 15.2 Å². The normalized spacial score (nSPS) is 10.4. The quantitative estimate of drug-likeness (QED) is 0.167. The maximum Gasteiger partial charge on any atom is 0.128 e. The Labute approximate surface area is 272 Å². The zero-order valence-electron chi connectivity index (χ0n) is 26.4. The van der Waals surface area contributed by atoms with E-state index >= 15 is 0 Å². The molecule has 2 aromatic heterocycles. The summed E-state index contributed by atoms with van der Waals surface area (Å²) >= 11 is 0. The van der Waals surface area contributed by atoms with Crippen LogP contribution in [0.1, 0.15) is 11.1 Å². The number of hydrogen-bond acceptors (Lipinski definition) is 5. The van der Waals surface area contributed by atoms with Crippen LogP contribution in [0.25, 0.3) is 21.8 Å². The number of ether oxygens (including phenoxy) is 2. The smallest absolute Gasteiger partial charge is 0.128 e. The van der Waals surface area contributed by atoms with Crippen molar-refractivity contribution in [3.05, 3.63) is 133 Å². The van der Waals surface area contributed by atoms with Gasteiger partial charge in [-0.2, -0.15) is 0 Å². The molecule has 238 valence electrons. The molecule has 0 atom stereocenters. The summed E-state index contributed by atoms with van der Waals surface area (Å²) in [6, 6.07) is 37.6. The van der Waals surface area contributed by atoms with E-state index in [1.54, 1.807) is 0 Å². The van der Waals surface area contributed by atoms with Gasteiger partial charge in [-0.15, -0.1) is 12.4 Å². The molecule has 4 aromatic carbocycles. The number of halogens is 1. The fourth-order valence-electron chi connectivity index (χ4n) is 4.99. The van der Waals surface area contributed by atoms with Crippen LogP contribution in [0.15, 0.2) is 122 Å². The zero-order chi connectivity index (χ0) is 31.1. The lowest BCUT2D eigenvalue weighted by atomic mass is 10.2. The highest BCUT2D eigenvalue weighted by molar-refractivity contribution is 5.87. The van der Waals surface area contributed by atoms with Crippen LogP contribution in [0.5, 0.6) is 11.5 Å². The van der Waals surface area contributed by atoms with Gasteiger partial charge in [-0.3, -0.25) is 0 Å². The van der Waals surface area contributed by atoms with E-state index in [1.165, 1.54) is 27.5 Å². The van der Waals surface area contributed by atoms with Crippen LogP contribution in [0.2, 0.25) is 0 Å². The Hall–Kier alpha value is -4.27. The predicted octanol–water partition coefficient (Wildman–Crippen LogP) is 6.69. The molecule has 0 saturated heterocycles. The van der Waals surface area contributed by atoms with Gasteiger partial charge < -0.3 is 34.3 Å². The first-order chi connectivity index (χ1) is 21.6. The molecule has 0 spiro atoms. The largest absolute Gasteiger partial charge is 0.492 e. The number of hydrogen-bond donors (Lipinski definition) is 2. The van der Waals surface area contributed by atoms with Gasteiger partial charge in [0.2, 0.25) is 0 Å². The Kier molecular flexibility index (Phi) is 14.5. The molecule has 0 bridgehead atoms. The Bertz CT molecular complexity index is 1680. The predicted molar refractivity (Wildman–Crippen MR) is 189 cm³/mol. The van der Waals surface area contributed by atoms with Gasteiger partial charge >= 0.3 is 0 Å². The molecule has 8 heteroatoms. The van der Waals surface area contributed by atoms with E-state index in [2.05, 4.69) is 119 Å². The molecular formula is C37H45ClN4O3. The SMILES string of the molecule is CN(C)CCOc1cccc2c1ccn2Cc1ccccc1.CO.Cl.NCCOc1cccc2c1ccn2Cc1ccccc1. The summed E-state index contributed by atoms with van der Waals surface area (Å²) in [5.74, 6) is 1.87. The Morgan fingerprint density at radius 1 is 0.600 bits per heavy atom. The number of aliphatic hydroxyl groups is 1. The third-order valence-corrected chi connectivity index (χ3v) is 7.11. The minimum Gasteiger partial charge on any atom is -0.492 e. The van der Waals surface area contributed by atoms with Crippen LogP contribution in [0.4, 0.5) is 0 Å². The maximum absolute atomic E-state index is 7.00. The topological polar surface area (TPSA) is 77.8 Å². The first-order valence-electron chi connectivity index (χ1n) is 14.9. The summed E-state index contributed by atoms with van der Waals surface area (Å²) in [6.45, 7) is 4.44. The molecule has 3 N–H and O–H groups in total. The Balaban J connectivity index is 0.000000229. The summed E-state index contributed by atoms with van der Waals surface area (Å²) in [5, 5.41) is 9.31. The highest BCUT2D eigenvalue weighted by Gasteiger charge is 2.08. The number of nitrogens with zero attached hydrogens (tertiary/aromatic N) is 3. The molecule has 0 aliphatic heterocycles. The van der Waals surface area contributed by atoms with Gasteiger partial charge in [-0.05, 0) is 61.6 Å². The van der Waals surface area contributed by atoms with E-state index in [4.69, 9.17) is 20.3 Å². The zero-order valence-corrected chi connectivity index (χ0v) is 27.2. The van der Waals surface area contributed by atoms with Crippen molar-refractivity contribution < 1.29 is 14.6 Å². The van der Waals surface area contributed by atoms with Gasteiger partial charge in [-0.25, -0.2) is 0 Å². The molecule has 0 radical (unpaired) electrons. The van der Waals surface area contributed by atoms with Crippen molar-refractivity contribution >= 4 is 34.2 Å². The van der Waals surface area contributed by atoms with Crippen LogP contribution in [0.3, 0.4) is 0 Å². The maximum atomic E-state index is 7.00. The molecule has 0 aliphatic rings. The molecule has 7 nitrogen and oxygen atoms in total. The van der Waals surface area contributed by atoms with Crippen molar-refractivity contribution in [3.63, 3.8) is 0 Å². The molecule has 0 fully saturated rings. The highest BCUT2D eigenvalue weighted by atomic mass is 35.5. The van der Waals surface area contributed by atoms with Crippen molar-refractivity contribution in [1.82, 2.24) is 14.0 Å². The summed E-state index contributed by atoms with van der Waals surface area (Å²) in [5.41, 5.74) is 10.5. The third-order valence-electron chi connectivity index (χ3n) is 7.11. The average Bonchev–Trinajstić information content (AvgIpc) is 3.67. The van der Waals surface area contributed by atoms with Crippen LogP contribution in [-0.4, -0.2) is 66.6 Å². The first-order valence-corrected chi connectivity index (χ1v) is 14.9. The van der Waals surface area contributed by atoms with E-state index in [1.807, 2.05) is 30.3 Å². The molecular weight excluding hydrogens is 584 g/mol. The van der Waals surface area contributed by atoms with E-state index in [9.17, 15) is 0 Å². The Morgan fingerprint density at radius 2 is 1.04 bits per heavy atom. The summed E-state index contributed by atoms with van der Waals surface area (Å²) in [6.07, 6.45) is 4.24. The Morgan fingerprint density at radius 3 is 1.47 bits per heavy atom. The second kappa shape index (κ2) is 18.5. The average molecular weight is 629 g/mol. The fraction of sp³-hybridized carbons (Fsp3) is 0.243. The minimum atomic E-state index is 0. The van der Waals surface area contributed by atoms with E-state index in [0.29, 0.717) is 19.8 Å². The fourth-order valence-corrected chi connectivity index (χ4v) is 4.99. The van der Waals surface area contributed by atoms with Gasteiger partial charge in [0.25, 0.3) is 0 Å². The van der Waals surface area contributed by atoms with Crippen molar-refractivity contribution in [2.24, 2.45) is 5.73 Å². The number of aromatic nitrogens is 2. The van der Waals surface area contributed by atoms with Gasteiger partial charge in [0.1, 0.15) is 24.7 Å². The number of fused-ring (bicyclic) bond motifs is 2. The molecule has 2 heterocycles. The van der Waals surface area contributed by atoms with E-state index < -0.39 is 0 Å². The number of rotatable bonds is 11. The van der Waals surface area contributed by atoms with Gasteiger partial charge in [0.05, 0.1) is 11.0 Å². The van der Waals surface area contributed by atoms with Crippen molar-refractivity contribution in [2.45, 2.75) is 13.1 Å². The summed E-state index contributed by atoms with van der Waals surface area (Å²) < 4.78 is 16.1. The molecule has 0 saturated carbocycles. The van der Waals surface area contributed by atoms with Crippen molar-refractivity contribution in [1.29, 1.82) is 0 Å². The van der Waals surface area contributed by atoms with Crippen molar-refractivity contribution in [2.75, 3.05) is 47.5 Å². The lowest BCUT2D eigenvalue weighted by Crippen LogP contribution is -2.19. The molecule has 0 amide bonds. The lowest BCUT2D eigenvalue weighted by Gasteiger charge is -2.12. The highest BCUT2D eigenvalue weighted by Crippen LogP contribution is 2.28. The standard InChI is InChI=1S/C19H22N2O.C17H18N2O.CH4O.ClH/c1-20(2)13-14-22-19-10-6-9-18-17(19)11-12-21(18)15-16-7-4-3-5-8-16;18-10-12-20-17-8-4-7-16-15(17)9-11-19(16)13-14-5-2-1-3-6-14;1-2;/h3-12H,13-15H2,1-2H3;1-9,11H,10,12-13,18H2;2H,1H3;1H. The lowest BCUT2D eigenvalue weighted by molar-refractivity contribution is 0.263. The van der Waals surface area contributed by atoms with Crippen molar-refractivity contribution in [3.8, 4) is 11.5 Å². The summed E-state index contributed by atoms with van der Waals surface area (Å²) in [4.78, 5) is 2.13. The van der Waals surface area contributed by atoms with Crippen LogP contribution in [0, 0.1) is 0 Å². The molecule has 0 aliphatic carbocycles. The second-order valence-electron chi connectivity index (χ2n) is 10.5. The number of likely N-dealkylation sites (N-methyl/N-ethyl adjacent to an activating group) is 1.